The maximum absolute atomic E-state index is 12.2. The molecule has 1 aromatic rings. The summed E-state index contributed by atoms with van der Waals surface area (Å²) in [7, 11) is 0. The molecule has 4 N–H and O–H groups in total. The smallest absolute Gasteiger partial charge is 0.253 e. The molecule has 0 spiro atoms. The van der Waals surface area contributed by atoms with Crippen molar-refractivity contribution in [3.63, 3.8) is 0 Å². The Hall–Kier alpha value is -2.24. The van der Waals surface area contributed by atoms with Crippen molar-refractivity contribution in [2.75, 3.05) is 13.1 Å². The largest absolute Gasteiger partial charge is 0.508 e. The van der Waals surface area contributed by atoms with E-state index in [9.17, 15) is 9.90 Å². The van der Waals surface area contributed by atoms with E-state index in [1.807, 2.05) is 6.92 Å². The Labute approximate surface area is 112 Å². The lowest BCUT2D eigenvalue weighted by Gasteiger charge is -2.24. The zero-order valence-electron chi connectivity index (χ0n) is 11.1. The number of carbonyl (C=O) groups excluding carboxylic acids is 1. The quantitative estimate of drug-likeness (QED) is 0.323. The highest BCUT2D eigenvalue weighted by atomic mass is 16.4. The molecule has 1 atom stereocenters. The van der Waals surface area contributed by atoms with Gasteiger partial charge in [-0.3, -0.25) is 4.79 Å². The number of rotatable bonds is 5. The second kappa shape index (κ2) is 6.63. The summed E-state index contributed by atoms with van der Waals surface area (Å²) in [6, 6.07) is 6.06. The van der Waals surface area contributed by atoms with Crippen molar-refractivity contribution in [2.45, 2.75) is 13.8 Å². The second-order valence-corrected chi connectivity index (χ2v) is 4.32. The van der Waals surface area contributed by atoms with Crippen molar-refractivity contribution in [3.8, 4) is 5.75 Å². The highest BCUT2D eigenvalue weighted by Crippen LogP contribution is 2.13. The van der Waals surface area contributed by atoms with Gasteiger partial charge in [0, 0.05) is 24.6 Å². The summed E-state index contributed by atoms with van der Waals surface area (Å²) < 4.78 is 0. The van der Waals surface area contributed by atoms with Crippen LogP contribution in [0.5, 0.6) is 5.75 Å². The van der Waals surface area contributed by atoms with E-state index in [0.29, 0.717) is 18.7 Å². The van der Waals surface area contributed by atoms with Gasteiger partial charge in [-0.2, -0.15) is 0 Å². The van der Waals surface area contributed by atoms with Crippen LogP contribution < -0.4 is 5.73 Å². The highest BCUT2D eigenvalue weighted by Gasteiger charge is 2.18. The molecule has 6 heteroatoms. The fourth-order valence-corrected chi connectivity index (χ4v) is 1.66. The molecule has 0 fully saturated rings. The van der Waals surface area contributed by atoms with Gasteiger partial charge in [0.25, 0.3) is 5.91 Å². The predicted molar refractivity (Wildman–Crippen MR) is 72.3 cm³/mol. The molecule has 1 aromatic carbocycles. The van der Waals surface area contributed by atoms with Crippen LogP contribution in [-0.2, 0) is 0 Å². The van der Waals surface area contributed by atoms with E-state index in [1.54, 1.807) is 24.0 Å². The van der Waals surface area contributed by atoms with Crippen molar-refractivity contribution < 1.29 is 15.1 Å². The molecule has 0 aliphatic rings. The fourth-order valence-electron chi connectivity index (χ4n) is 1.66. The topological polar surface area (TPSA) is 99.1 Å². The van der Waals surface area contributed by atoms with E-state index in [-0.39, 0.29) is 23.4 Å². The molecule has 19 heavy (non-hydrogen) atoms. The molecule has 1 rings (SSSR count). The average Bonchev–Trinajstić information content (AvgIpc) is 2.43. The number of nitrogens with two attached hydrogens (primary N) is 1. The Kier molecular flexibility index (Phi) is 5.17. The van der Waals surface area contributed by atoms with Gasteiger partial charge in [-0.15, -0.1) is 0 Å². The molecule has 0 heterocycles. The lowest BCUT2D eigenvalue weighted by atomic mass is 10.1. The number of aromatic hydroxyl groups is 1. The van der Waals surface area contributed by atoms with Gasteiger partial charge < -0.3 is 20.9 Å². The van der Waals surface area contributed by atoms with Crippen LogP contribution >= 0.6 is 0 Å². The standard InChI is InChI=1S/C13H19N3O3/c1-3-16(8-9(2)12(14)15-19)13(18)10-4-6-11(17)7-5-10/h4-7,9,17,19H,3,8H2,1-2H3,(H2,14,15). The van der Waals surface area contributed by atoms with Gasteiger partial charge in [-0.25, -0.2) is 0 Å². The first-order chi connectivity index (χ1) is 8.99. The first-order valence-corrected chi connectivity index (χ1v) is 6.05. The number of phenolic OH excluding ortho intramolecular Hbond substituents is 1. The molecular formula is C13H19N3O3. The number of hydrogen-bond donors (Lipinski definition) is 3. The molecule has 1 unspecified atom stereocenters. The summed E-state index contributed by atoms with van der Waals surface area (Å²) in [4.78, 5) is 13.8. The Bertz CT molecular complexity index is 457. The molecule has 0 aliphatic heterocycles. The summed E-state index contributed by atoms with van der Waals surface area (Å²) in [6.07, 6.45) is 0. The molecule has 1 amide bonds. The molecule has 0 saturated heterocycles. The lowest BCUT2D eigenvalue weighted by Crippen LogP contribution is -2.38. The van der Waals surface area contributed by atoms with E-state index in [4.69, 9.17) is 10.9 Å². The van der Waals surface area contributed by atoms with Crippen molar-refractivity contribution in [2.24, 2.45) is 16.8 Å². The minimum absolute atomic E-state index is 0.0944. The maximum atomic E-state index is 12.2. The van der Waals surface area contributed by atoms with E-state index in [2.05, 4.69) is 5.16 Å². The van der Waals surface area contributed by atoms with Gasteiger partial charge in [0.05, 0.1) is 0 Å². The van der Waals surface area contributed by atoms with Crippen LogP contribution in [0.15, 0.2) is 29.4 Å². The van der Waals surface area contributed by atoms with E-state index in [0.717, 1.165) is 0 Å². The Morgan fingerprint density at radius 2 is 2.00 bits per heavy atom. The zero-order chi connectivity index (χ0) is 14.4. The second-order valence-electron chi connectivity index (χ2n) is 4.32. The van der Waals surface area contributed by atoms with Gasteiger partial charge in [0.15, 0.2) is 0 Å². The molecule has 0 radical (unpaired) electrons. The molecule has 0 bridgehead atoms. The van der Waals surface area contributed by atoms with Crippen LogP contribution in [0.3, 0.4) is 0 Å². The Balaban J connectivity index is 2.80. The molecule has 0 aliphatic carbocycles. The van der Waals surface area contributed by atoms with Crippen molar-refractivity contribution in [1.82, 2.24) is 4.90 Å². The number of hydrogen-bond acceptors (Lipinski definition) is 4. The molecule has 0 saturated carbocycles. The molecule has 0 aromatic heterocycles. The van der Waals surface area contributed by atoms with Gasteiger partial charge in [-0.05, 0) is 31.2 Å². The van der Waals surface area contributed by atoms with Gasteiger partial charge >= 0.3 is 0 Å². The lowest BCUT2D eigenvalue weighted by molar-refractivity contribution is 0.0754. The maximum Gasteiger partial charge on any atom is 0.253 e. The predicted octanol–water partition coefficient (Wildman–Crippen LogP) is 1.24. The first kappa shape index (κ1) is 14.8. The number of carbonyl (C=O) groups is 1. The Morgan fingerprint density at radius 1 is 1.42 bits per heavy atom. The SMILES string of the molecule is CCN(CC(C)/C(N)=N/O)C(=O)c1ccc(O)cc1. The minimum atomic E-state index is -0.231. The number of amidine groups is 1. The van der Waals surface area contributed by atoms with Gasteiger partial charge in [0.1, 0.15) is 11.6 Å². The summed E-state index contributed by atoms with van der Waals surface area (Å²) in [5.41, 5.74) is 6.00. The van der Waals surface area contributed by atoms with E-state index < -0.39 is 0 Å². The number of amides is 1. The van der Waals surface area contributed by atoms with Crippen LogP contribution in [0.1, 0.15) is 24.2 Å². The number of oxime groups is 1. The summed E-state index contributed by atoms with van der Waals surface area (Å²) in [5, 5.41) is 20.8. The average molecular weight is 265 g/mol. The van der Waals surface area contributed by atoms with Crippen LogP contribution in [-0.4, -0.2) is 40.0 Å². The van der Waals surface area contributed by atoms with Gasteiger partial charge in [-0.1, -0.05) is 12.1 Å². The molecule has 104 valence electrons. The number of phenols is 1. The highest BCUT2D eigenvalue weighted by molar-refractivity contribution is 5.94. The third-order valence-corrected chi connectivity index (χ3v) is 2.90. The third-order valence-electron chi connectivity index (χ3n) is 2.90. The fraction of sp³-hybridized carbons (Fsp3) is 0.385. The summed E-state index contributed by atoms with van der Waals surface area (Å²) in [6.45, 7) is 4.52. The van der Waals surface area contributed by atoms with Gasteiger partial charge in [0.2, 0.25) is 0 Å². The molecular weight excluding hydrogens is 246 g/mol. The third kappa shape index (κ3) is 3.87. The first-order valence-electron chi connectivity index (χ1n) is 6.05. The summed E-state index contributed by atoms with van der Waals surface area (Å²) in [5.74, 6) is -0.173. The summed E-state index contributed by atoms with van der Waals surface area (Å²) >= 11 is 0. The normalized spacial score (nSPS) is 13.1. The van der Waals surface area contributed by atoms with Crippen molar-refractivity contribution in [3.05, 3.63) is 29.8 Å². The zero-order valence-corrected chi connectivity index (χ0v) is 11.1. The van der Waals surface area contributed by atoms with Crippen molar-refractivity contribution in [1.29, 1.82) is 0 Å². The van der Waals surface area contributed by atoms with Crippen LogP contribution in [0, 0.1) is 5.92 Å². The number of nitrogens with zero attached hydrogens (tertiary/aromatic N) is 2. The number of benzene rings is 1. The monoisotopic (exact) mass is 265 g/mol. The van der Waals surface area contributed by atoms with Crippen molar-refractivity contribution >= 4 is 11.7 Å². The van der Waals surface area contributed by atoms with Crippen LogP contribution in [0.25, 0.3) is 0 Å². The Morgan fingerprint density at radius 3 is 2.47 bits per heavy atom. The minimum Gasteiger partial charge on any atom is -0.508 e. The van der Waals surface area contributed by atoms with E-state index >= 15 is 0 Å². The van der Waals surface area contributed by atoms with E-state index in [1.165, 1.54) is 12.1 Å². The van der Waals surface area contributed by atoms with Crippen LogP contribution in [0.2, 0.25) is 0 Å². The van der Waals surface area contributed by atoms with Crippen LogP contribution in [0.4, 0.5) is 0 Å². The molecule has 6 nitrogen and oxygen atoms in total.